The van der Waals surface area contributed by atoms with Gasteiger partial charge < -0.3 is 9.30 Å². The smallest absolute Gasteiger partial charge is 0.0648 e. The second-order valence-electron chi connectivity index (χ2n) is 5.93. The van der Waals surface area contributed by atoms with Gasteiger partial charge in [-0.1, -0.05) is 42.6 Å². The molecule has 1 aromatic carbocycles. The molecule has 22 heavy (non-hydrogen) atoms. The van der Waals surface area contributed by atoms with Crippen LogP contribution in [0.4, 0.5) is 0 Å². The first-order valence-electron chi connectivity index (χ1n) is 7.57. The molecule has 1 heterocycles. The zero-order valence-electron chi connectivity index (χ0n) is 13.1. The van der Waals surface area contributed by atoms with E-state index in [0.717, 1.165) is 22.9 Å². The van der Waals surface area contributed by atoms with Crippen LogP contribution in [0.5, 0.6) is 0 Å². The highest BCUT2D eigenvalue weighted by Crippen LogP contribution is 2.44. The van der Waals surface area contributed by atoms with Crippen molar-refractivity contribution in [3.05, 3.63) is 65.0 Å². The third kappa shape index (κ3) is 2.92. The monoisotopic (exact) mass is 311 g/mol. The van der Waals surface area contributed by atoms with E-state index < -0.39 is 0 Å². The number of hydrogen-bond donors (Lipinski definition) is 0. The second-order valence-corrected chi connectivity index (χ2v) is 6.34. The van der Waals surface area contributed by atoms with Crippen LogP contribution in [0.15, 0.2) is 49.3 Å². The summed E-state index contributed by atoms with van der Waals surface area (Å²) in [5.41, 5.74) is 4.80. The largest absolute Gasteiger partial charge is 0.381 e. The summed E-state index contributed by atoms with van der Waals surface area (Å²) in [5.74, 6) is 0.444. The van der Waals surface area contributed by atoms with Crippen LogP contribution in [0.2, 0.25) is 0 Å². The standard InChI is InChI=1S/C19H21NOS/c1-4-6-13-7-5-8-14(9-13)16-11-20(2)12-17(19(16)22)15-10-18(15)21-3/h4-5,7-9,11-12,15,18H,1,6,10H2,2-3H3. The minimum absolute atomic E-state index is 0.323. The zero-order valence-corrected chi connectivity index (χ0v) is 13.9. The molecule has 3 heteroatoms. The second kappa shape index (κ2) is 6.19. The van der Waals surface area contributed by atoms with Crippen molar-refractivity contribution in [2.24, 2.45) is 7.05 Å². The first kappa shape index (κ1) is 15.2. The van der Waals surface area contributed by atoms with Crippen molar-refractivity contribution in [1.82, 2.24) is 4.57 Å². The van der Waals surface area contributed by atoms with Gasteiger partial charge >= 0.3 is 0 Å². The van der Waals surface area contributed by atoms with Gasteiger partial charge in [-0.25, -0.2) is 0 Å². The maximum absolute atomic E-state index is 5.77. The predicted molar refractivity (Wildman–Crippen MR) is 93.7 cm³/mol. The third-order valence-electron chi connectivity index (χ3n) is 4.23. The summed E-state index contributed by atoms with van der Waals surface area (Å²) in [6.45, 7) is 3.81. The number of allylic oxidation sites excluding steroid dienone is 1. The van der Waals surface area contributed by atoms with E-state index in [4.69, 9.17) is 17.0 Å². The van der Waals surface area contributed by atoms with Crippen LogP contribution in [0, 0.1) is 4.51 Å². The molecule has 2 atom stereocenters. The van der Waals surface area contributed by atoms with Crippen LogP contribution in [0.25, 0.3) is 11.1 Å². The molecule has 1 aromatic heterocycles. The van der Waals surface area contributed by atoms with Crippen molar-refractivity contribution in [2.45, 2.75) is 24.9 Å². The van der Waals surface area contributed by atoms with E-state index in [1.165, 1.54) is 16.7 Å². The van der Waals surface area contributed by atoms with Gasteiger partial charge in [0, 0.05) is 38.0 Å². The fraction of sp³-hybridized carbons (Fsp3) is 0.316. The Morgan fingerprint density at radius 3 is 2.91 bits per heavy atom. The van der Waals surface area contributed by atoms with Gasteiger partial charge in [0.25, 0.3) is 0 Å². The van der Waals surface area contributed by atoms with Crippen LogP contribution in [-0.2, 0) is 18.2 Å². The van der Waals surface area contributed by atoms with Crippen LogP contribution >= 0.6 is 12.2 Å². The molecule has 114 valence electrons. The van der Waals surface area contributed by atoms with Gasteiger partial charge in [-0.2, -0.15) is 0 Å². The number of aryl methyl sites for hydroxylation is 1. The number of benzene rings is 1. The summed E-state index contributed by atoms with van der Waals surface area (Å²) in [4.78, 5) is 0. The minimum Gasteiger partial charge on any atom is -0.381 e. The Balaban J connectivity index is 2.06. The summed E-state index contributed by atoms with van der Waals surface area (Å²) >= 11 is 5.77. The Labute approximate surface area is 137 Å². The van der Waals surface area contributed by atoms with E-state index in [9.17, 15) is 0 Å². The molecule has 1 aliphatic rings. The number of methoxy groups -OCH3 is 1. The number of pyridine rings is 1. The van der Waals surface area contributed by atoms with Crippen LogP contribution in [-0.4, -0.2) is 17.8 Å². The Morgan fingerprint density at radius 1 is 1.41 bits per heavy atom. The van der Waals surface area contributed by atoms with E-state index in [1.54, 1.807) is 7.11 Å². The van der Waals surface area contributed by atoms with Crippen LogP contribution < -0.4 is 0 Å². The lowest BCUT2D eigenvalue weighted by Crippen LogP contribution is -1.99. The van der Waals surface area contributed by atoms with E-state index in [2.05, 4.69) is 54.9 Å². The molecule has 2 nitrogen and oxygen atoms in total. The van der Waals surface area contributed by atoms with Crippen molar-refractivity contribution in [3.8, 4) is 11.1 Å². The molecule has 0 spiro atoms. The predicted octanol–water partition coefficient (Wildman–Crippen LogP) is 4.65. The maximum atomic E-state index is 5.77. The molecule has 1 aliphatic carbocycles. The van der Waals surface area contributed by atoms with Crippen molar-refractivity contribution >= 4 is 12.2 Å². The van der Waals surface area contributed by atoms with E-state index >= 15 is 0 Å². The van der Waals surface area contributed by atoms with Crippen molar-refractivity contribution in [3.63, 3.8) is 0 Å². The van der Waals surface area contributed by atoms with Gasteiger partial charge in [-0.15, -0.1) is 6.58 Å². The first-order chi connectivity index (χ1) is 10.6. The topological polar surface area (TPSA) is 14.2 Å². The molecule has 2 aromatic rings. The molecule has 3 rings (SSSR count). The Bertz CT molecular complexity index is 762. The SMILES string of the molecule is C=CCc1cccc(-c2cn(C)cc(C3CC3OC)c2=S)c1. The molecule has 0 radical (unpaired) electrons. The van der Waals surface area contributed by atoms with Gasteiger partial charge in [-0.05, 0) is 29.5 Å². The number of rotatable bonds is 5. The lowest BCUT2D eigenvalue weighted by molar-refractivity contribution is 0.178. The number of ether oxygens (including phenoxy) is 1. The fourth-order valence-electron chi connectivity index (χ4n) is 2.99. The highest BCUT2D eigenvalue weighted by molar-refractivity contribution is 7.71. The molecule has 0 saturated heterocycles. The minimum atomic E-state index is 0.323. The lowest BCUT2D eigenvalue weighted by atomic mass is 10.0. The van der Waals surface area contributed by atoms with Gasteiger partial charge in [-0.3, -0.25) is 0 Å². The lowest BCUT2D eigenvalue weighted by Gasteiger charge is -2.11. The fourth-order valence-corrected chi connectivity index (χ4v) is 3.37. The molecule has 1 fully saturated rings. The maximum Gasteiger partial charge on any atom is 0.0648 e. The highest BCUT2D eigenvalue weighted by atomic mass is 32.1. The Morgan fingerprint density at radius 2 is 2.23 bits per heavy atom. The van der Waals surface area contributed by atoms with Crippen molar-refractivity contribution in [1.29, 1.82) is 0 Å². The molecule has 0 aliphatic heterocycles. The Hall–Kier alpha value is -1.71. The molecule has 2 unspecified atom stereocenters. The highest BCUT2D eigenvalue weighted by Gasteiger charge is 2.39. The third-order valence-corrected chi connectivity index (χ3v) is 4.69. The van der Waals surface area contributed by atoms with Crippen LogP contribution in [0.1, 0.15) is 23.5 Å². The first-order valence-corrected chi connectivity index (χ1v) is 7.98. The molecule has 0 amide bonds. The molecule has 1 saturated carbocycles. The van der Waals surface area contributed by atoms with E-state index in [-0.39, 0.29) is 0 Å². The van der Waals surface area contributed by atoms with E-state index in [1.807, 2.05) is 6.08 Å². The molecule has 0 bridgehead atoms. The Kier molecular flexibility index (Phi) is 4.27. The summed E-state index contributed by atoms with van der Waals surface area (Å²) in [6, 6.07) is 8.55. The summed E-state index contributed by atoms with van der Waals surface area (Å²) < 4.78 is 8.51. The van der Waals surface area contributed by atoms with Crippen molar-refractivity contribution in [2.75, 3.05) is 7.11 Å². The average Bonchev–Trinajstić information content (AvgIpc) is 3.29. The zero-order chi connectivity index (χ0) is 15.7. The summed E-state index contributed by atoms with van der Waals surface area (Å²) in [5, 5.41) is 0. The number of aromatic nitrogens is 1. The summed E-state index contributed by atoms with van der Waals surface area (Å²) in [6.07, 6.45) is 8.45. The quantitative estimate of drug-likeness (QED) is 0.589. The van der Waals surface area contributed by atoms with Gasteiger partial charge in [0.2, 0.25) is 0 Å². The molecular formula is C19H21NOS. The van der Waals surface area contributed by atoms with E-state index in [0.29, 0.717) is 12.0 Å². The van der Waals surface area contributed by atoms with Gasteiger partial charge in [0.15, 0.2) is 0 Å². The van der Waals surface area contributed by atoms with Crippen molar-refractivity contribution < 1.29 is 4.74 Å². The molecule has 0 N–H and O–H groups in total. The average molecular weight is 311 g/mol. The number of nitrogens with zero attached hydrogens (tertiary/aromatic N) is 1. The van der Waals surface area contributed by atoms with Crippen LogP contribution in [0.3, 0.4) is 0 Å². The van der Waals surface area contributed by atoms with Gasteiger partial charge in [0.05, 0.1) is 10.6 Å². The summed E-state index contributed by atoms with van der Waals surface area (Å²) in [7, 11) is 3.83. The number of hydrogen-bond acceptors (Lipinski definition) is 2. The van der Waals surface area contributed by atoms with Gasteiger partial charge in [0.1, 0.15) is 0 Å². The normalized spacial score (nSPS) is 19.9. The molecular weight excluding hydrogens is 290 g/mol.